The van der Waals surface area contributed by atoms with Gasteiger partial charge in [0.05, 0.1) is 11.7 Å². The smallest absolute Gasteiger partial charge is 0.242 e. The van der Waals surface area contributed by atoms with Crippen LogP contribution < -0.4 is 15.5 Å². The van der Waals surface area contributed by atoms with Gasteiger partial charge in [-0.1, -0.05) is 18.2 Å². The number of nitrogens with zero attached hydrogens (tertiary/aromatic N) is 2. The van der Waals surface area contributed by atoms with Gasteiger partial charge in [-0.25, -0.2) is 12.7 Å². The summed E-state index contributed by atoms with van der Waals surface area (Å²) in [4.78, 5) is 27.0. The number of sulfonamides is 1. The molecule has 8 nitrogen and oxygen atoms in total. The number of para-hydroxylation sites is 1. The summed E-state index contributed by atoms with van der Waals surface area (Å²) < 4.78 is 24.8. The fourth-order valence-corrected chi connectivity index (χ4v) is 4.84. The van der Waals surface area contributed by atoms with Crippen LogP contribution in [0.2, 0.25) is 0 Å². The van der Waals surface area contributed by atoms with Crippen molar-refractivity contribution in [2.24, 2.45) is 5.41 Å². The Bertz CT molecular complexity index is 830. The standard InChI is InChI=1S/C19H28N4O4S/c1-22(15-7-4-3-5-8-15)11-6-10-20-17(24)16-13-19(18(25)21-16)9-12-23(14-19)28(2,26)27/h3-5,7-8,16H,6,9-14H2,1-2H3,(H,20,24)(H,21,25)/t16-,19+/m0/s1. The Morgan fingerprint density at radius 1 is 1.36 bits per heavy atom. The first-order valence-electron chi connectivity index (χ1n) is 9.51. The van der Waals surface area contributed by atoms with Crippen molar-refractivity contribution in [1.82, 2.24) is 14.9 Å². The second-order valence-electron chi connectivity index (χ2n) is 7.76. The fraction of sp³-hybridized carbons (Fsp3) is 0.579. The molecule has 2 aliphatic heterocycles. The fourth-order valence-electron chi connectivity index (χ4n) is 3.94. The summed E-state index contributed by atoms with van der Waals surface area (Å²) in [7, 11) is -1.32. The average molecular weight is 409 g/mol. The van der Waals surface area contributed by atoms with E-state index < -0.39 is 21.5 Å². The predicted octanol–water partition coefficient (Wildman–Crippen LogP) is 0.169. The molecule has 0 aromatic heterocycles. The zero-order valence-electron chi connectivity index (χ0n) is 16.3. The lowest BCUT2D eigenvalue weighted by Crippen LogP contribution is -2.42. The number of rotatable bonds is 7. The molecule has 2 heterocycles. The molecule has 0 radical (unpaired) electrons. The Hall–Kier alpha value is -2.13. The number of anilines is 1. The summed E-state index contributed by atoms with van der Waals surface area (Å²) in [6.07, 6.45) is 2.73. The highest BCUT2D eigenvalue weighted by atomic mass is 32.2. The van der Waals surface area contributed by atoms with Crippen LogP contribution >= 0.6 is 0 Å². The van der Waals surface area contributed by atoms with E-state index in [1.165, 1.54) is 4.31 Å². The van der Waals surface area contributed by atoms with Crippen LogP contribution in [0.25, 0.3) is 0 Å². The number of hydrogen-bond donors (Lipinski definition) is 2. The van der Waals surface area contributed by atoms with Crippen molar-refractivity contribution in [3.63, 3.8) is 0 Å². The third-order valence-electron chi connectivity index (χ3n) is 5.65. The van der Waals surface area contributed by atoms with Gasteiger partial charge in [0.1, 0.15) is 6.04 Å². The van der Waals surface area contributed by atoms with Gasteiger partial charge in [0, 0.05) is 38.9 Å². The van der Waals surface area contributed by atoms with Crippen molar-refractivity contribution in [1.29, 1.82) is 0 Å². The summed E-state index contributed by atoms with van der Waals surface area (Å²) in [5.74, 6) is -0.423. The molecule has 1 spiro atoms. The van der Waals surface area contributed by atoms with Crippen LogP contribution in [0.15, 0.2) is 30.3 Å². The van der Waals surface area contributed by atoms with Crippen molar-refractivity contribution in [3.05, 3.63) is 30.3 Å². The molecule has 2 amide bonds. The zero-order chi connectivity index (χ0) is 20.4. The minimum Gasteiger partial charge on any atom is -0.375 e. The van der Waals surface area contributed by atoms with Crippen molar-refractivity contribution in [3.8, 4) is 0 Å². The quantitative estimate of drug-likeness (QED) is 0.627. The number of nitrogens with one attached hydrogen (secondary N) is 2. The van der Waals surface area contributed by atoms with E-state index in [9.17, 15) is 18.0 Å². The maximum atomic E-state index is 12.5. The van der Waals surface area contributed by atoms with E-state index in [1.807, 2.05) is 37.4 Å². The predicted molar refractivity (Wildman–Crippen MR) is 107 cm³/mol. The summed E-state index contributed by atoms with van der Waals surface area (Å²) in [5.41, 5.74) is 0.342. The molecule has 28 heavy (non-hydrogen) atoms. The third-order valence-corrected chi connectivity index (χ3v) is 6.90. The summed E-state index contributed by atoms with van der Waals surface area (Å²) in [5, 5.41) is 5.64. The van der Waals surface area contributed by atoms with Gasteiger partial charge in [-0.2, -0.15) is 0 Å². The van der Waals surface area contributed by atoms with Crippen LogP contribution in [0.4, 0.5) is 5.69 Å². The van der Waals surface area contributed by atoms with Gasteiger partial charge in [-0.15, -0.1) is 0 Å². The molecule has 0 unspecified atom stereocenters. The Labute approximate surface area is 166 Å². The summed E-state index contributed by atoms with van der Waals surface area (Å²) in [6.45, 7) is 1.80. The lowest BCUT2D eigenvalue weighted by Gasteiger charge is -2.20. The van der Waals surface area contributed by atoms with E-state index in [0.717, 1.165) is 24.9 Å². The third kappa shape index (κ3) is 4.47. The Balaban J connectivity index is 1.45. The van der Waals surface area contributed by atoms with E-state index in [0.29, 0.717) is 25.9 Å². The normalized spacial score (nSPS) is 25.1. The molecule has 0 bridgehead atoms. The Kier molecular flexibility index (Phi) is 5.95. The maximum absolute atomic E-state index is 12.5. The number of hydrogen-bond acceptors (Lipinski definition) is 5. The number of carbonyl (C=O) groups is 2. The first-order valence-corrected chi connectivity index (χ1v) is 11.4. The van der Waals surface area contributed by atoms with Gasteiger partial charge in [0.2, 0.25) is 21.8 Å². The molecule has 154 valence electrons. The molecule has 2 aliphatic rings. The van der Waals surface area contributed by atoms with Gasteiger partial charge in [-0.3, -0.25) is 9.59 Å². The van der Waals surface area contributed by atoms with Crippen LogP contribution in [0, 0.1) is 5.41 Å². The van der Waals surface area contributed by atoms with Gasteiger partial charge in [-0.05, 0) is 31.4 Å². The molecule has 3 rings (SSSR count). The maximum Gasteiger partial charge on any atom is 0.242 e. The molecule has 2 saturated heterocycles. The molecule has 1 aromatic rings. The zero-order valence-corrected chi connectivity index (χ0v) is 17.2. The van der Waals surface area contributed by atoms with Crippen LogP contribution in [0.5, 0.6) is 0 Å². The highest BCUT2D eigenvalue weighted by molar-refractivity contribution is 7.88. The van der Waals surface area contributed by atoms with E-state index in [1.54, 1.807) is 0 Å². The van der Waals surface area contributed by atoms with E-state index in [4.69, 9.17) is 0 Å². The molecular weight excluding hydrogens is 380 g/mol. The SMILES string of the molecule is CN(CCCNC(=O)[C@@H]1C[C@@]2(CCN(S(C)(=O)=O)C2)C(=O)N1)c1ccccc1. The highest BCUT2D eigenvalue weighted by Gasteiger charge is 2.53. The molecule has 1 aromatic carbocycles. The van der Waals surface area contributed by atoms with Gasteiger partial charge in [0.25, 0.3) is 0 Å². The van der Waals surface area contributed by atoms with Crippen molar-refractivity contribution < 1.29 is 18.0 Å². The largest absolute Gasteiger partial charge is 0.375 e. The van der Waals surface area contributed by atoms with E-state index in [2.05, 4.69) is 15.5 Å². The van der Waals surface area contributed by atoms with Crippen LogP contribution in [-0.2, 0) is 19.6 Å². The molecule has 0 aliphatic carbocycles. The minimum absolute atomic E-state index is 0.156. The first kappa shape index (κ1) is 20.6. The first-order chi connectivity index (χ1) is 13.2. The van der Waals surface area contributed by atoms with Crippen LogP contribution in [0.1, 0.15) is 19.3 Å². The average Bonchev–Trinajstić information content (AvgIpc) is 3.24. The lowest BCUT2D eigenvalue weighted by molar-refractivity contribution is -0.128. The molecular formula is C19H28N4O4S. The molecule has 9 heteroatoms. The van der Waals surface area contributed by atoms with Crippen molar-refractivity contribution in [2.45, 2.75) is 25.3 Å². The minimum atomic E-state index is -3.33. The van der Waals surface area contributed by atoms with Gasteiger partial charge >= 0.3 is 0 Å². The number of carbonyl (C=O) groups excluding carboxylic acids is 2. The molecule has 2 fully saturated rings. The summed E-state index contributed by atoms with van der Waals surface area (Å²) >= 11 is 0. The second-order valence-corrected chi connectivity index (χ2v) is 9.74. The van der Waals surface area contributed by atoms with E-state index >= 15 is 0 Å². The Morgan fingerprint density at radius 3 is 2.71 bits per heavy atom. The molecule has 2 atom stereocenters. The Morgan fingerprint density at radius 2 is 2.07 bits per heavy atom. The molecule has 0 saturated carbocycles. The van der Waals surface area contributed by atoms with Crippen LogP contribution in [0.3, 0.4) is 0 Å². The topological polar surface area (TPSA) is 98.8 Å². The monoisotopic (exact) mass is 408 g/mol. The van der Waals surface area contributed by atoms with Crippen molar-refractivity contribution >= 4 is 27.5 Å². The van der Waals surface area contributed by atoms with Gasteiger partial charge in [0.15, 0.2) is 0 Å². The second kappa shape index (κ2) is 8.08. The van der Waals surface area contributed by atoms with Crippen LogP contribution in [-0.4, -0.2) is 70.1 Å². The molecule has 2 N–H and O–H groups in total. The highest BCUT2D eigenvalue weighted by Crippen LogP contribution is 2.40. The summed E-state index contributed by atoms with van der Waals surface area (Å²) in [6, 6.07) is 9.42. The van der Waals surface area contributed by atoms with Crippen molar-refractivity contribution in [2.75, 3.05) is 44.4 Å². The number of amides is 2. The lowest BCUT2D eigenvalue weighted by atomic mass is 9.84. The van der Waals surface area contributed by atoms with E-state index in [-0.39, 0.29) is 18.4 Å². The number of benzene rings is 1. The van der Waals surface area contributed by atoms with Gasteiger partial charge < -0.3 is 15.5 Å².